The van der Waals surface area contributed by atoms with Crippen LogP contribution in [0.5, 0.6) is 0 Å². The molecule has 2 aliphatic heterocycles. The van der Waals surface area contributed by atoms with Crippen molar-refractivity contribution in [3.8, 4) is 0 Å². The lowest BCUT2D eigenvalue weighted by molar-refractivity contribution is 0.143. The Kier molecular flexibility index (Phi) is 2.13. The Labute approximate surface area is 75.5 Å². The van der Waals surface area contributed by atoms with Gasteiger partial charge in [-0.15, -0.1) is 0 Å². The maximum Gasteiger partial charge on any atom is -0.0160 e. The van der Waals surface area contributed by atoms with E-state index < -0.39 is 0 Å². The number of rotatable bonds is 0. The lowest BCUT2D eigenvalue weighted by atomic mass is 9.78. The highest BCUT2D eigenvalue weighted by molar-refractivity contribution is 4.93. The van der Waals surface area contributed by atoms with E-state index in [4.69, 9.17) is 0 Å². The molecule has 0 radical (unpaired) electrons. The molecular weight excluding hydrogens is 148 g/mol. The van der Waals surface area contributed by atoms with Crippen LogP contribution in [0.3, 0.4) is 0 Å². The van der Waals surface area contributed by atoms with Gasteiger partial charge in [0.25, 0.3) is 0 Å². The van der Waals surface area contributed by atoms with Crippen molar-refractivity contribution < 1.29 is 0 Å². The molecule has 0 N–H and O–H groups in total. The maximum atomic E-state index is 4.01. The number of nitrogens with zero attached hydrogens (tertiary/aromatic N) is 2. The number of hydrogen-bond donors (Lipinski definition) is 0. The summed E-state index contributed by atoms with van der Waals surface area (Å²) in [6.45, 7) is 4.75. The average Bonchev–Trinajstić information content (AvgIpc) is 2.40. The molecule has 0 atom stereocenters. The van der Waals surface area contributed by atoms with Crippen LogP contribution < -0.4 is 0 Å². The van der Waals surface area contributed by atoms with Crippen molar-refractivity contribution in [3.63, 3.8) is 0 Å². The summed E-state index contributed by atoms with van der Waals surface area (Å²) < 4.78 is 0. The molecule has 2 aliphatic rings. The molecule has 0 aromatic rings. The quantitative estimate of drug-likeness (QED) is 0.501. The summed E-state index contributed by atoms with van der Waals surface area (Å²) in [5, 5.41) is 0. The molecule has 70 valence electrons. The smallest absolute Gasteiger partial charge is 0.0160 e. The summed E-state index contributed by atoms with van der Waals surface area (Å²) in [6, 6.07) is 0. The van der Waals surface area contributed by atoms with Crippen LogP contribution in [0.25, 0.3) is 0 Å². The average molecular weight is 166 g/mol. The molecule has 2 heterocycles. The normalized spacial score (nSPS) is 31.5. The molecule has 0 bridgehead atoms. The van der Waals surface area contributed by atoms with Gasteiger partial charge >= 0.3 is 0 Å². The molecule has 0 aliphatic carbocycles. The molecular formula is C10H18N2-2. The van der Waals surface area contributed by atoms with Gasteiger partial charge in [0, 0.05) is 0 Å². The van der Waals surface area contributed by atoms with Crippen LogP contribution in [0.15, 0.2) is 0 Å². The molecule has 1 spiro atoms. The second-order valence-corrected chi connectivity index (χ2v) is 4.42. The largest absolute Gasteiger partial charge is 0.459 e. The molecule has 0 unspecified atom stereocenters. The fourth-order valence-electron chi connectivity index (χ4n) is 2.46. The Morgan fingerprint density at radius 2 is 1.33 bits per heavy atom. The van der Waals surface area contributed by atoms with E-state index in [0.717, 1.165) is 0 Å². The predicted molar refractivity (Wildman–Crippen MR) is 50.1 cm³/mol. The van der Waals surface area contributed by atoms with Gasteiger partial charge in [0.2, 0.25) is 0 Å². The van der Waals surface area contributed by atoms with Crippen LogP contribution in [0.4, 0.5) is 0 Å². The zero-order chi connectivity index (χ0) is 8.60. The summed E-state index contributed by atoms with van der Waals surface area (Å²) in [5.74, 6) is 0. The van der Waals surface area contributed by atoms with Crippen molar-refractivity contribution in [2.75, 3.05) is 26.2 Å². The molecule has 2 rings (SSSR count). The summed E-state index contributed by atoms with van der Waals surface area (Å²) in [4.78, 5) is 4.41. The van der Waals surface area contributed by atoms with Crippen molar-refractivity contribution >= 4 is 0 Å². The molecule has 0 aromatic heterocycles. The van der Waals surface area contributed by atoms with Gasteiger partial charge in [-0.25, -0.2) is 0 Å². The Morgan fingerprint density at radius 1 is 0.833 bits per heavy atom. The first kappa shape index (κ1) is 8.52. The van der Waals surface area contributed by atoms with E-state index in [2.05, 4.69) is 23.9 Å². The van der Waals surface area contributed by atoms with E-state index in [0.29, 0.717) is 5.41 Å². The Bertz CT molecular complexity index is 159. The topological polar surface area (TPSA) is 6.48 Å². The summed E-state index contributed by atoms with van der Waals surface area (Å²) in [5.41, 5.74) is 0.607. The lowest BCUT2D eigenvalue weighted by Gasteiger charge is -2.42. The van der Waals surface area contributed by atoms with Gasteiger partial charge in [-0.3, -0.25) is 14.1 Å². The molecule has 0 aromatic carbocycles. The molecule has 2 nitrogen and oxygen atoms in total. The minimum atomic E-state index is 0.607. The SMILES string of the molecule is [CH2-]N1CCC2(CC1)CCN([CH2-])C2. The molecule has 2 saturated heterocycles. The highest BCUT2D eigenvalue weighted by Gasteiger charge is 2.35. The Morgan fingerprint density at radius 3 is 1.75 bits per heavy atom. The van der Waals surface area contributed by atoms with Gasteiger partial charge < -0.3 is 9.80 Å². The second-order valence-electron chi connectivity index (χ2n) is 4.42. The predicted octanol–water partition coefficient (Wildman–Crippen LogP) is 1.36. The molecule has 0 saturated carbocycles. The highest BCUT2D eigenvalue weighted by Crippen LogP contribution is 2.39. The number of likely N-dealkylation sites (tertiary alicyclic amines) is 2. The zero-order valence-electron chi connectivity index (χ0n) is 7.76. The van der Waals surface area contributed by atoms with Crippen LogP contribution in [-0.4, -0.2) is 36.0 Å². The first-order valence-corrected chi connectivity index (χ1v) is 4.81. The highest BCUT2D eigenvalue weighted by atomic mass is 15.2. The summed E-state index contributed by atoms with van der Waals surface area (Å²) in [7, 11) is 7.99. The Hall–Kier alpha value is -0.0800. The first-order valence-electron chi connectivity index (χ1n) is 4.81. The standard InChI is InChI=1S/C10H18N2/c1-11-6-3-10(4-7-11)5-8-12(2)9-10/h1-9H2/q-2. The molecule has 2 fully saturated rings. The lowest BCUT2D eigenvalue weighted by Crippen LogP contribution is -2.38. The van der Waals surface area contributed by atoms with Crippen molar-refractivity contribution in [3.05, 3.63) is 14.1 Å². The van der Waals surface area contributed by atoms with Gasteiger partial charge in [-0.2, -0.15) is 0 Å². The fraction of sp³-hybridized carbons (Fsp3) is 0.800. The summed E-state index contributed by atoms with van der Waals surface area (Å²) >= 11 is 0. The van der Waals surface area contributed by atoms with E-state index in [1.807, 2.05) is 0 Å². The van der Waals surface area contributed by atoms with Crippen LogP contribution in [-0.2, 0) is 0 Å². The van der Waals surface area contributed by atoms with E-state index in [-0.39, 0.29) is 0 Å². The van der Waals surface area contributed by atoms with E-state index >= 15 is 0 Å². The van der Waals surface area contributed by atoms with Crippen molar-refractivity contribution in [2.45, 2.75) is 19.3 Å². The minimum absolute atomic E-state index is 0.607. The Balaban J connectivity index is 1.95. The van der Waals surface area contributed by atoms with E-state index in [9.17, 15) is 0 Å². The third kappa shape index (κ3) is 1.50. The third-order valence-corrected chi connectivity index (χ3v) is 3.43. The van der Waals surface area contributed by atoms with Crippen LogP contribution >= 0.6 is 0 Å². The van der Waals surface area contributed by atoms with Crippen LogP contribution in [0, 0.1) is 19.5 Å². The molecule has 2 heteroatoms. The number of piperidine rings is 1. The van der Waals surface area contributed by atoms with Crippen molar-refractivity contribution in [2.24, 2.45) is 5.41 Å². The van der Waals surface area contributed by atoms with Crippen LogP contribution in [0.2, 0.25) is 0 Å². The fourth-order valence-corrected chi connectivity index (χ4v) is 2.46. The number of hydrogen-bond acceptors (Lipinski definition) is 2. The van der Waals surface area contributed by atoms with Gasteiger partial charge in [-0.05, 0) is 50.9 Å². The zero-order valence-corrected chi connectivity index (χ0v) is 7.76. The maximum absolute atomic E-state index is 4.01. The monoisotopic (exact) mass is 166 g/mol. The minimum Gasteiger partial charge on any atom is -0.459 e. The van der Waals surface area contributed by atoms with Crippen molar-refractivity contribution in [1.29, 1.82) is 0 Å². The van der Waals surface area contributed by atoms with E-state index in [1.54, 1.807) is 0 Å². The van der Waals surface area contributed by atoms with Gasteiger partial charge in [-0.1, -0.05) is 0 Å². The van der Waals surface area contributed by atoms with Gasteiger partial charge in [0.05, 0.1) is 0 Å². The van der Waals surface area contributed by atoms with E-state index in [1.165, 1.54) is 45.4 Å². The molecule has 0 amide bonds. The molecule has 12 heavy (non-hydrogen) atoms. The van der Waals surface area contributed by atoms with Gasteiger partial charge in [0.15, 0.2) is 0 Å². The van der Waals surface area contributed by atoms with Gasteiger partial charge in [0.1, 0.15) is 0 Å². The first-order chi connectivity index (χ1) is 5.70. The summed E-state index contributed by atoms with van der Waals surface area (Å²) in [6.07, 6.45) is 4.00. The second kappa shape index (κ2) is 3.00. The van der Waals surface area contributed by atoms with Crippen LogP contribution in [0.1, 0.15) is 19.3 Å². The van der Waals surface area contributed by atoms with Crippen molar-refractivity contribution in [1.82, 2.24) is 9.80 Å². The third-order valence-electron chi connectivity index (χ3n) is 3.43.